The van der Waals surface area contributed by atoms with Crippen LogP contribution in [0.3, 0.4) is 0 Å². The van der Waals surface area contributed by atoms with Gasteiger partial charge in [0.1, 0.15) is 5.75 Å². The second-order valence-corrected chi connectivity index (χ2v) is 5.43. The maximum absolute atomic E-state index is 12.4. The monoisotopic (exact) mass is 325 g/mol. The molecule has 1 N–H and O–H groups in total. The summed E-state index contributed by atoms with van der Waals surface area (Å²) in [6, 6.07) is 11.4. The average Bonchev–Trinajstić information content (AvgIpc) is 2.84. The molecule has 0 atom stereocenters. The van der Waals surface area contributed by atoms with Gasteiger partial charge in [-0.1, -0.05) is 12.1 Å². The van der Waals surface area contributed by atoms with E-state index in [0.717, 1.165) is 16.2 Å². The van der Waals surface area contributed by atoms with Gasteiger partial charge in [0.05, 0.1) is 23.8 Å². The number of hydrogen-bond acceptors (Lipinski definition) is 4. The summed E-state index contributed by atoms with van der Waals surface area (Å²) in [5, 5.41) is 9.01. The van der Waals surface area contributed by atoms with E-state index in [1.165, 1.54) is 18.2 Å². The summed E-state index contributed by atoms with van der Waals surface area (Å²) in [6.07, 6.45) is 0.515. The van der Waals surface area contributed by atoms with Crippen molar-refractivity contribution in [2.45, 2.75) is 6.42 Å². The highest BCUT2D eigenvalue weighted by atomic mass is 16.5. The topological polar surface area (TPSA) is 83.9 Å². The third kappa shape index (κ3) is 2.74. The third-order valence-corrected chi connectivity index (χ3v) is 4.00. The molecule has 6 nitrogen and oxygen atoms in total. The largest absolute Gasteiger partial charge is 0.497 e. The Labute approximate surface area is 138 Å². The number of amides is 2. The highest BCUT2D eigenvalue weighted by Crippen LogP contribution is 2.24. The number of fused-ring (bicyclic) bond motifs is 1. The first-order valence-corrected chi connectivity index (χ1v) is 7.37. The first kappa shape index (κ1) is 15.7. The number of rotatable bonds is 5. The quantitative estimate of drug-likeness (QED) is 0.852. The highest BCUT2D eigenvalue weighted by Gasteiger charge is 2.35. The van der Waals surface area contributed by atoms with Gasteiger partial charge in [-0.25, -0.2) is 4.79 Å². The van der Waals surface area contributed by atoms with Gasteiger partial charge in [-0.3, -0.25) is 14.5 Å². The zero-order chi connectivity index (χ0) is 17.3. The van der Waals surface area contributed by atoms with Crippen LogP contribution in [0, 0.1) is 0 Å². The minimum atomic E-state index is -1.13. The molecular formula is C18H15NO5. The van der Waals surface area contributed by atoms with Crippen LogP contribution < -0.4 is 4.74 Å². The van der Waals surface area contributed by atoms with Crippen LogP contribution in [0.15, 0.2) is 42.5 Å². The molecule has 0 bridgehead atoms. The van der Waals surface area contributed by atoms with Crippen molar-refractivity contribution in [1.82, 2.24) is 4.90 Å². The number of hydrogen-bond donors (Lipinski definition) is 1. The van der Waals surface area contributed by atoms with Gasteiger partial charge in [0.25, 0.3) is 11.8 Å². The highest BCUT2D eigenvalue weighted by molar-refractivity contribution is 6.21. The van der Waals surface area contributed by atoms with Crippen molar-refractivity contribution in [1.29, 1.82) is 0 Å². The molecule has 1 heterocycles. The molecule has 2 aromatic rings. The predicted octanol–water partition coefficient (Wildman–Crippen LogP) is 2.23. The summed E-state index contributed by atoms with van der Waals surface area (Å²) >= 11 is 0. The number of benzene rings is 2. The van der Waals surface area contributed by atoms with Crippen LogP contribution in [0.25, 0.3) is 0 Å². The second-order valence-electron chi connectivity index (χ2n) is 5.43. The number of imide groups is 1. The van der Waals surface area contributed by atoms with E-state index in [4.69, 9.17) is 9.84 Å². The van der Waals surface area contributed by atoms with E-state index >= 15 is 0 Å². The summed E-state index contributed by atoms with van der Waals surface area (Å²) in [5.74, 6) is -1.23. The molecule has 6 heteroatoms. The first-order valence-electron chi connectivity index (χ1n) is 7.37. The van der Waals surface area contributed by atoms with E-state index in [9.17, 15) is 14.4 Å². The van der Waals surface area contributed by atoms with E-state index in [-0.39, 0.29) is 29.1 Å². The van der Waals surface area contributed by atoms with Gasteiger partial charge in [0.2, 0.25) is 0 Å². The Hall–Kier alpha value is -3.15. The van der Waals surface area contributed by atoms with Crippen LogP contribution in [0.4, 0.5) is 0 Å². The summed E-state index contributed by atoms with van der Waals surface area (Å²) in [6.45, 7) is 0.237. The molecule has 0 spiro atoms. The van der Waals surface area contributed by atoms with Crippen LogP contribution in [0.5, 0.6) is 5.75 Å². The number of ether oxygens (including phenoxy) is 1. The Balaban J connectivity index is 1.76. The van der Waals surface area contributed by atoms with Crippen molar-refractivity contribution in [3.05, 3.63) is 64.7 Å². The minimum absolute atomic E-state index is 0.00750. The van der Waals surface area contributed by atoms with Crippen molar-refractivity contribution in [2.75, 3.05) is 13.7 Å². The van der Waals surface area contributed by atoms with Gasteiger partial charge >= 0.3 is 5.97 Å². The molecule has 0 saturated carbocycles. The first-order chi connectivity index (χ1) is 11.5. The zero-order valence-electron chi connectivity index (χ0n) is 13.0. The lowest BCUT2D eigenvalue weighted by Gasteiger charge is -2.13. The van der Waals surface area contributed by atoms with Crippen LogP contribution in [-0.4, -0.2) is 41.4 Å². The van der Waals surface area contributed by atoms with Crippen LogP contribution in [-0.2, 0) is 6.42 Å². The van der Waals surface area contributed by atoms with Crippen molar-refractivity contribution in [2.24, 2.45) is 0 Å². The predicted molar refractivity (Wildman–Crippen MR) is 85.5 cm³/mol. The molecule has 2 aromatic carbocycles. The van der Waals surface area contributed by atoms with E-state index < -0.39 is 11.9 Å². The summed E-state index contributed by atoms with van der Waals surface area (Å²) in [4.78, 5) is 36.9. The molecule has 24 heavy (non-hydrogen) atoms. The fourth-order valence-electron chi connectivity index (χ4n) is 2.66. The van der Waals surface area contributed by atoms with Crippen LogP contribution >= 0.6 is 0 Å². The number of carbonyl (C=O) groups excluding carboxylic acids is 2. The number of aromatic carboxylic acids is 1. The molecule has 3 rings (SSSR count). The molecular weight excluding hydrogens is 310 g/mol. The molecule has 122 valence electrons. The van der Waals surface area contributed by atoms with Gasteiger partial charge in [-0.05, 0) is 42.3 Å². The summed E-state index contributed by atoms with van der Waals surface area (Å²) in [7, 11) is 1.58. The molecule has 0 unspecified atom stereocenters. The number of carboxylic acids is 1. The van der Waals surface area contributed by atoms with Crippen molar-refractivity contribution in [3.63, 3.8) is 0 Å². The number of carboxylic acid groups (broad SMARTS) is 1. The lowest BCUT2D eigenvalue weighted by Crippen LogP contribution is -2.31. The van der Waals surface area contributed by atoms with Gasteiger partial charge < -0.3 is 9.84 Å². The summed E-state index contributed by atoms with van der Waals surface area (Å²) < 4.78 is 5.09. The van der Waals surface area contributed by atoms with Gasteiger partial charge in [-0.15, -0.1) is 0 Å². The van der Waals surface area contributed by atoms with Gasteiger partial charge in [-0.2, -0.15) is 0 Å². The fraction of sp³-hybridized carbons (Fsp3) is 0.167. The molecule has 0 aromatic heterocycles. The number of methoxy groups -OCH3 is 1. The van der Waals surface area contributed by atoms with Crippen molar-refractivity contribution in [3.8, 4) is 5.75 Å². The third-order valence-electron chi connectivity index (χ3n) is 4.00. The van der Waals surface area contributed by atoms with Gasteiger partial charge in [0, 0.05) is 6.54 Å². The maximum Gasteiger partial charge on any atom is 0.335 e. The lowest BCUT2D eigenvalue weighted by atomic mass is 10.1. The fourth-order valence-corrected chi connectivity index (χ4v) is 2.66. The van der Waals surface area contributed by atoms with E-state index in [0.29, 0.717) is 6.42 Å². The zero-order valence-corrected chi connectivity index (χ0v) is 13.0. The molecule has 0 saturated heterocycles. The lowest BCUT2D eigenvalue weighted by molar-refractivity contribution is 0.0654. The van der Waals surface area contributed by atoms with Crippen molar-refractivity contribution < 1.29 is 24.2 Å². The van der Waals surface area contributed by atoms with Crippen LogP contribution in [0.2, 0.25) is 0 Å². The second kappa shape index (κ2) is 6.16. The minimum Gasteiger partial charge on any atom is -0.497 e. The Bertz CT molecular complexity index is 826. The SMILES string of the molecule is COc1ccc(CCN2C(=O)c3ccc(C(=O)O)cc3C2=O)cc1. The van der Waals surface area contributed by atoms with E-state index in [2.05, 4.69) is 0 Å². The molecule has 1 aliphatic heterocycles. The van der Waals surface area contributed by atoms with Crippen LogP contribution in [0.1, 0.15) is 36.6 Å². The number of carbonyl (C=O) groups is 3. The average molecular weight is 325 g/mol. The standard InChI is InChI=1S/C18H15NO5/c1-24-13-5-2-11(3-6-13)8-9-19-16(20)14-7-4-12(18(22)23)10-15(14)17(19)21/h2-7,10H,8-9H2,1H3,(H,22,23). The Morgan fingerprint density at radius 3 is 2.33 bits per heavy atom. The Morgan fingerprint density at radius 1 is 1.04 bits per heavy atom. The maximum atomic E-state index is 12.4. The molecule has 1 aliphatic rings. The smallest absolute Gasteiger partial charge is 0.335 e. The molecule has 0 radical (unpaired) electrons. The normalized spacial score (nSPS) is 13.1. The molecule has 2 amide bonds. The van der Waals surface area contributed by atoms with E-state index in [1.54, 1.807) is 7.11 Å². The number of nitrogens with zero attached hydrogens (tertiary/aromatic N) is 1. The van der Waals surface area contributed by atoms with Crippen molar-refractivity contribution >= 4 is 17.8 Å². The Morgan fingerprint density at radius 2 is 1.71 bits per heavy atom. The molecule has 0 aliphatic carbocycles. The van der Waals surface area contributed by atoms with Gasteiger partial charge in [0.15, 0.2) is 0 Å². The Kier molecular flexibility index (Phi) is 4.04. The summed E-state index contributed by atoms with van der Waals surface area (Å²) in [5.41, 5.74) is 1.36. The van der Waals surface area contributed by atoms with E-state index in [1.807, 2.05) is 24.3 Å². The molecule has 0 fully saturated rings.